The van der Waals surface area contributed by atoms with Crippen LogP contribution in [0.25, 0.3) is 0 Å². The highest BCUT2D eigenvalue weighted by Crippen LogP contribution is 2.35. The van der Waals surface area contributed by atoms with E-state index in [1.54, 1.807) is 0 Å². The number of ether oxygens (including phenoxy) is 3. The lowest BCUT2D eigenvalue weighted by molar-refractivity contribution is -0.0618. The minimum atomic E-state index is -0.383. The molecule has 1 aliphatic carbocycles. The second-order valence-corrected chi connectivity index (χ2v) is 7.27. The summed E-state index contributed by atoms with van der Waals surface area (Å²) in [4.78, 5) is 0. The van der Waals surface area contributed by atoms with Crippen molar-refractivity contribution in [2.75, 3.05) is 13.2 Å². The summed E-state index contributed by atoms with van der Waals surface area (Å²) < 4.78 is 17.1. The number of rotatable bonds is 6. The van der Waals surface area contributed by atoms with Gasteiger partial charge in [-0.05, 0) is 42.7 Å². The number of nitrogens with two attached hydrogens (primary N) is 1. The molecule has 0 aromatic heterocycles. The van der Waals surface area contributed by atoms with Crippen LogP contribution in [0, 0.1) is 5.92 Å². The van der Waals surface area contributed by atoms with E-state index >= 15 is 0 Å². The predicted octanol–water partition coefficient (Wildman–Crippen LogP) is 3.59. The topological polar surface area (TPSA) is 53.7 Å². The van der Waals surface area contributed by atoms with Gasteiger partial charge in [0.05, 0.1) is 13.2 Å². The molecule has 1 heterocycles. The summed E-state index contributed by atoms with van der Waals surface area (Å²) in [7, 11) is 0. The first-order valence-corrected chi connectivity index (χ1v) is 9.36. The van der Waals surface area contributed by atoms with Gasteiger partial charge in [0.1, 0.15) is 18.4 Å². The highest BCUT2D eigenvalue weighted by atomic mass is 16.6. The van der Waals surface area contributed by atoms with Crippen molar-refractivity contribution in [3.63, 3.8) is 0 Å². The molecule has 134 valence electrons. The van der Waals surface area contributed by atoms with Crippen molar-refractivity contribution in [1.82, 2.24) is 0 Å². The molecule has 4 heteroatoms. The lowest BCUT2D eigenvalue weighted by atomic mass is 9.79. The van der Waals surface area contributed by atoms with Gasteiger partial charge in [0.15, 0.2) is 0 Å². The van der Waals surface area contributed by atoms with Gasteiger partial charge in [0.25, 0.3) is 0 Å². The fraction of sp³-hybridized carbons (Fsp3) is 0.700. The van der Waals surface area contributed by atoms with Gasteiger partial charge >= 0.3 is 0 Å². The molecule has 3 atom stereocenters. The third-order valence-electron chi connectivity index (χ3n) is 5.43. The first-order valence-electron chi connectivity index (χ1n) is 9.36. The van der Waals surface area contributed by atoms with Crippen molar-refractivity contribution in [3.05, 3.63) is 35.4 Å². The lowest BCUT2D eigenvalue weighted by Crippen LogP contribution is -2.39. The van der Waals surface area contributed by atoms with Gasteiger partial charge in [0.2, 0.25) is 0 Å². The minimum absolute atomic E-state index is 0.0838. The maximum Gasteiger partial charge on any atom is 0.134 e. The zero-order chi connectivity index (χ0) is 16.9. The third-order valence-corrected chi connectivity index (χ3v) is 5.43. The monoisotopic (exact) mass is 333 g/mol. The summed E-state index contributed by atoms with van der Waals surface area (Å²) in [5.74, 6) is 1.63. The summed E-state index contributed by atoms with van der Waals surface area (Å²) in [5.41, 5.74) is 8.58. The van der Waals surface area contributed by atoms with Crippen LogP contribution < -0.4 is 5.73 Å². The molecule has 0 bridgehead atoms. The molecule has 2 N–H and O–H groups in total. The van der Waals surface area contributed by atoms with E-state index in [1.165, 1.54) is 36.8 Å². The van der Waals surface area contributed by atoms with Crippen molar-refractivity contribution >= 4 is 0 Å². The number of hydrogen-bond acceptors (Lipinski definition) is 4. The van der Waals surface area contributed by atoms with E-state index in [4.69, 9.17) is 19.9 Å². The molecule has 1 aromatic carbocycles. The Labute approximate surface area is 145 Å². The van der Waals surface area contributed by atoms with Crippen LogP contribution in [-0.4, -0.2) is 31.6 Å². The second kappa shape index (κ2) is 8.43. The van der Waals surface area contributed by atoms with Crippen LogP contribution >= 0.6 is 0 Å². The van der Waals surface area contributed by atoms with Crippen molar-refractivity contribution < 1.29 is 14.2 Å². The summed E-state index contributed by atoms with van der Waals surface area (Å²) >= 11 is 0. The SMILES string of the molecule is CCO[C@@H]1C(OCc2ccc(C3CCC(C)CC3)cc2)CO[C@H]1N. The molecule has 2 fully saturated rings. The van der Waals surface area contributed by atoms with E-state index in [9.17, 15) is 0 Å². The Kier molecular flexibility index (Phi) is 6.28. The first-order chi connectivity index (χ1) is 11.7. The molecular formula is C20H31NO3. The molecule has 4 nitrogen and oxygen atoms in total. The van der Waals surface area contributed by atoms with E-state index in [2.05, 4.69) is 31.2 Å². The number of hydrogen-bond donors (Lipinski definition) is 1. The Hall–Kier alpha value is -0.940. The van der Waals surface area contributed by atoms with E-state index in [-0.39, 0.29) is 18.4 Å². The molecule has 2 aliphatic rings. The zero-order valence-electron chi connectivity index (χ0n) is 14.9. The first kappa shape index (κ1) is 17.9. The molecule has 1 aromatic rings. The summed E-state index contributed by atoms with van der Waals surface area (Å²) in [5, 5.41) is 0. The molecule has 1 saturated carbocycles. The van der Waals surface area contributed by atoms with Gasteiger partial charge in [-0.1, -0.05) is 44.0 Å². The average Bonchev–Trinajstić information content (AvgIpc) is 2.95. The van der Waals surface area contributed by atoms with E-state index in [0.29, 0.717) is 19.8 Å². The van der Waals surface area contributed by atoms with E-state index in [1.807, 2.05) is 6.92 Å². The highest BCUT2D eigenvalue weighted by Gasteiger charge is 2.36. The van der Waals surface area contributed by atoms with Crippen molar-refractivity contribution in [2.24, 2.45) is 11.7 Å². The Morgan fingerprint density at radius 3 is 2.46 bits per heavy atom. The maximum atomic E-state index is 5.99. The standard InChI is InChI=1S/C20H31NO3/c1-3-22-19-18(13-24-20(19)21)23-12-15-6-10-17(11-7-15)16-8-4-14(2)5-9-16/h6-7,10-11,14,16,18-20H,3-5,8-9,12-13,21H2,1-2H3/t14?,16?,18?,19-,20-/m1/s1. The van der Waals surface area contributed by atoms with Crippen LogP contribution in [0.2, 0.25) is 0 Å². The van der Waals surface area contributed by atoms with Crippen LogP contribution in [-0.2, 0) is 20.8 Å². The van der Waals surface area contributed by atoms with Crippen LogP contribution in [0.5, 0.6) is 0 Å². The molecule has 0 spiro atoms. The lowest BCUT2D eigenvalue weighted by Gasteiger charge is -2.26. The Bertz CT molecular complexity index is 496. The van der Waals surface area contributed by atoms with Crippen LogP contribution in [0.15, 0.2) is 24.3 Å². The summed E-state index contributed by atoms with van der Waals surface area (Å²) in [6, 6.07) is 8.93. The van der Waals surface area contributed by atoms with Crippen LogP contribution in [0.3, 0.4) is 0 Å². The average molecular weight is 333 g/mol. The van der Waals surface area contributed by atoms with Gasteiger partial charge in [-0.25, -0.2) is 0 Å². The van der Waals surface area contributed by atoms with Crippen molar-refractivity contribution in [2.45, 2.75) is 70.5 Å². The smallest absolute Gasteiger partial charge is 0.134 e. The van der Waals surface area contributed by atoms with Gasteiger partial charge in [0, 0.05) is 6.61 Å². The molecular weight excluding hydrogens is 302 g/mol. The molecule has 3 rings (SSSR count). The van der Waals surface area contributed by atoms with E-state index < -0.39 is 0 Å². The Morgan fingerprint density at radius 1 is 1.08 bits per heavy atom. The van der Waals surface area contributed by atoms with Gasteiger partial charge < -0.3 is 19.9 Å². The largest absolute Gasteiger partial charge is 0.372 e. The summed E-state index contributed by atoms with van der Waals surface area (Å²) in [6.07, 6.45) is 4.73. The fourth-order valence-corrected chi connectivity index (χ4v) is 3.83. The molecule has 24 heavy (non-hydrogen) atoms. The summed E-state index contributed by atoms with van der Waals surface area (Å²) in [6.45, 7) is 6.03. The second-order valence-electron chi connectivity index (χ2n) is 7.27. The molecule has 1 unspecified atom stereocenters. The number of benzene rings is 1. The molecule has 0 amide bonds. The zero-order valence-corrected chi connectivity index (χ0v) is 14.9. The predicted molar refractivity (Wildman–Crippen MR) is 94.7 cm³/mol. The molecule has 1 aliphatic heterocycles. The van der Waals surface area contributed by atoms with Gasteiger partial charge in [-0.2, -0.15) is 0 Å². The Balaban J connectivity index is 1.51. The molecule has 1 saturated heterocycles. The third kappa shape index (κ3) is 4.37. The van der Waals surface area contributed by atoms with Crippen LogP contribution in [0.1, 0.15) is 56.6 Å². The maximum absolute atomic E-state index is 5.99. The van der Waals surface area contributed by atoms with Crippen molar-refractivity contribution in [1.29, 1.82) is 0 Å². The van der Waals surface area contributed by atoms with Gasteiger partial charge in [-0.15, -0.1) is 0 Å². The van der Waals surface area contributed by atoms with Crippen LogP contribution in [0.4, 0.5) is 0 Å². The van der Waals surface area contributed by atoms with E-state index in [0.717, 1.165) is 11.8 Å². The normalized spacial score (nSPS) is 33.7. The highest BCUT2D eigenvalue weighted by molar-refractivity contribution is 5.25. The Morgan fingerprint density at radius 2 is 1.79 bits per heavy atom. The fourth-order valence-electron chi connectivity index (χ4n) is 3.83. The quantitative estimate of drug-likeness (QED) is 0.864. The van der Waals surface area contributed by atoms with Gasteiger partial charge in [-0.3, -0.25) is 0 Å². The van der Waals surface area contributed by atoms with Crippen molar-refractivity contribution in [3.8, 4) is 0 Å². The molecule has 0 radical (unpaired) electrons. The minimum Gasteiger partial charge on any atom is -0.372 e.